The molecular weight excluding hydrogens is 286 g/mol. The first kappa shape index (κ1) is 15.6. The molecule has 2 aromatic heterocycles. The Hall–Kier alpha value is -1.82. The van der Waals surface area contributed by atoms with Gasteiger partial charge in [-0.2, -0.15) is 0 Å². The molecular formula is C15H19N3O2S. The number of ether oxygens (including phenoxy) is 1. The summed E-state index contributed by atoms with van der Waals surface area (Å²) in [5.41, 5.74) is 2.19. The zero-order valence-corrected chi connectivity index (χ0v) is 13.4. The molecule has 21 heavy (non-hydrogen) atoms. The van der Waals surface area contributed by atoms with Crippen LogP contribution in [-0.4, -0.2) is 27.5 Å². The van der Waals surface area contributed by atoms with Gasteiger partial charge in [-0.1, -0.05) is 13.3 Å². The van der Waals surface area contributed by atoms with E-state index in [0.717, 1.165) is 29.2 Å². The molecule has 0 aliphatic carbocycles. The molecule has 2 rings (SSSR count). The number of thiazole rings is 1. The number of carbonyl (C=O) groups is 1. The highest BCUT2D eigenvalue weighted by Gasteiger charge is 2.15. The number of rotatable bonds is 6. The van der Waals surface area contributed by atoms with Crippen molar-refractivity contribution >= 4 is 17.3 Å². The molecule has 0 aliphatic rings. The summed E-state index contributed by atoms with van der Waals surface area (Å²) in [6.07, 6.45) is 3.81. The number of esters is 1. The van der Waals surface area contributed by atoms with Crippen LogP contribution in [0.5, 0.6) is 0 Å². The van der Waals surface area contributed by atoms with Crippen LogP contribution < -0.4 is 0 Å². The SMILES string of the molecule is CCCc1nc(Cc2csc(C)n2)ncc1C(=O)OCC. The number of nitrogens with zero attached hydrogens (tertiary/aromatic N) is 3. The minimum atomic E-state index is -0.350. The van der Waals surface area contributed by atoms with Crippen molar-refractivity contribution in [1.82, 2.24) is 15.0 Å². The first-order valence-corrected chi connectivity index (χ1v) is 7.94. The Kier molecular flexibility index (Phi) is 5.38. The average molecular weight is 305 g/mol. The molecule has 0 atom stereocenters. The Labute approximate surface area is 128 Å². The van der Waals surface area contributed by atoms with E-state index in [2.05, 4.69) is 21.9 Å². The number of aryl methyl sites for hydroxylation is 2. The van der Waals surface area contributed by atoms with Crippen molar-refractivity contribution in [3.63, 3.8) is 0 Å². The van der Waals surface area contributed by atoms with Crippen molar-refractivity contribution < 1.29 is 9.53 Å². The second kappa shape index (κ2) is 7.26. The van der Waals surface area contributed by atoms with Crippen LogP contribution >= 0.6 is 11.3 Å². The number of carbonyl (C=O) groups excluding carboxylic acids is 1. The molecule has 112 valence electrons. The maximum atomic E-state index is 11.9. The average Bonchev–Trinajstić information content (AvgIpc) is 2.85. The van der Waals surface area contributed by atoms with Gasteiger partial charge in [-0.15, -0.1) is 11.3 Å². The van der Waals surface area contributed by atoms with E-state index in [1.807, 2.05) is 12.3 Å². The van der Waals surface area contributed by atoms with Gasteiger partial charge in [0.2, 0.25) is 0 Å². The molecule has 5 nitrogen and oxygen atoms in total. The van der Waals surface area contributed by atoms with Crippen LogP contribution in [0.25, 0.3) is 0 Å². The minimum absolute atomic E-state index is 0.350. The van der Waals surface area contributed by atoms with Gasteiger partial charge in [0.25, 0.3) is 0 Å². The van der Waals surface area contributed by atoms with E-state index in [1.54, 1.807) is 24.5 Å². The van der Waals surface area contributed by atoms with Crippen LogP contribution in [0.4, 0.5) is 0 Å². The maximum absolute atomic E-state index is 11.9. The van der Waals surface area contributed by atoms with Crippen LogP contribution in [-0.2, 0) is 17.6 Å². The third kappa shape index (κ3) is 4.07. The zero-order chi connectivity index (χ0) is 15.2. The van der Waals surface area contributed by atoms with Crippen molar-refractivity contribution in [3.05, 3.63) is 39.4 Å². The Morgan fingerprint density at radius 2 is 2.14 bits per heavy atom. The van der Waals surface area contributed by atoms with Crippen LogP contribution in [0.15, 0.2) is 11.6 Å². The standard InChI is InChI=1S/C15H19N3O2S/c1-4-6-13-12(15(19)20-5-2)8-16-14(18-13)7-11-9-21-10(3)17-11/h8-9H,4-7H2,1-3H3. The summed E-state index contributed by atoms with van der Waals surface area (Å²) in [4.78, 5) is 25.1. The molecule has 0 N–H and O–H groups in total. The number of hydrogen-bond donors (Lipinski definition) is 0. The summed E-state index contributed by atoms with van der Waals surface area (Å²) in [6, 6.07) is 0. The van der Waals surface area contributed by atoms with E-state index >= 15 is 0 Å². The van der Waals surface area contributed by atoms with Crippen LogP contribution in [0.3, 0.4) is 0 Å². The monoisotopic (exact) mass is 305 g/mol. The normalized spacial score (nSPS) is 10.6. The van der Waals surface area contributed by atoms with Crippen molar-refractivity contribution in [3.8, 4) is 0 Å². The van der Waals surface area contributed by atoms with Gasteiger partial charge in [0.1, 0.15) is 5.82 Å². The van der Waals surface area contributed by atoms with Crippen LogP contribution in [0.1, 0.15) is 52.8 Å². The lowest BCUT2D eigenvalue weighted by molar-refractivity contribution is 0.0524. The molecule has 2 aromatic rings. The van der Waals surface area contributed by atoms with Gasteiger partial charge in [-0.25, -0.2) is 19.7 Å². The molecule has 0 bridgehead atoms. The van der Waals surface area contributed by atoms with Crippen molar-refractivity contribution in [1.29, 1.82) is 0 Å². The number of aromatic nitrogens is 3. The summed E-state index contributed by atoms with van der Waals surface area (Å²) in [5.74, 6) is 0.341. The highest BCUT2D eigenvalue weighted by Crippen LogP contribution is 2.14. The molecule has 2 heterocycles. The lowest BCUT2D eigenvalue weighted by Gasteiger charge is -2.08. The Balaban J connectivity index is 2.24. The summed E-state index contributed by atoms with van der Waals surface area (Å²) >= 11 is 1.61. The smallest absolute Gasteiger partial charge is 0.341 e. The highest BCUT2D eigenvalue weighted by molar-refractivity contribution is 7.09. The predicted molar refractivity (Wildman–Crippen MR) is 81.6 cm³/mol. The molecule has 0 amide bonds. The van der Waals surface area contributed by atoms with Crippen molar-refractivity contribution in [2.24, 2.45) is 0 Å². The topological polar surface area (TPSA) is 65.0 Å². The Bertz CT molecular complexity index is 625. The first-order valence-electron chi connectivity index (χ1n) is 7.07. The fourth-order valence-electron chi connectivity index (χ4n) is 2.00. The molecule has 6 heteroatoms. The van der Waals surface area contributed by atoms with E-state index in [0.29, 0.717) is 24.4 Å². The van der Waals surface area contributed by atoms with E-state index in [1.165, 1.54) is 0 Å². The zero-order valence-electron chi connectivity index (χ0n) is 12.5. The molecule has 0 unspecified atom stereocenters. The largest absolute Gasteiger partial charge is 0.462 e. The summed E-state index contributed by atoms with van der Waals surface area (Å²) < 4.78 is 5.05. The molecule has 0 radical (unpaired) electrons. The Morgan fingerprint density at radius 3 is 2.76 bits per heavy atom. The fraction of sp³-hybridized carbons (Fsp3) is 0.467. The van der Waals surface area contributed by atoms with Gasteiger partial charge in [0.15, 0.2) is 0 Å². The fourth-order valence-corrected chi connectivity index (χ4v) is 2.61. The van der Waals surface area contributed by atoms with Crippen molar-refractivity contribution in [2.45, 2.75) is 40.0 Å². The summed E-state index contributed by atoms with van der Waals surface area (Å²) in [6.45, 7) is 6.17. The van der Waals surface area contributed by atoms with E-state index in [-0.39, 0.29) is 5.97 Å². The van der Waals surface area contributed by atoms with Gasteiger partial charge < -0.3 is 4.74 Å². The third-order valence-corrected chi connectivity index (χ3v) is 3.73. The van der Waals surface area contributed by atoms with Gasteiger partial charge in [0.05, 0.1) is 35.0 Å². The van der Waals surface area contributed by atoms with Gasteiger partial charge >= 0.3 is 5.97 Å². The lowest BCUT2D eigenvalue weighted by atomic mass is 10.1. The summed E-state index contributed by atoms with van der Waals surface area (Å²) in [5, 5.41) is 3.04. The second-order valence-corrected chi connectivity index (χ2v) is 5.71. The van der Waals surface area contributed by atoms with E-state index in [4.69, 9.17) is 4.74 Å². The molecule has 0 saturated heterocycles. The predicted octanol–water partition coefficient (Wildman–Crippen LogP) is 2.96. The first-order chi connectivity index (χ1) is 10.1. The molecule has 0 aliphatic heterocycles. The summed E-state index contributed by atoms with van der Waals surface area (Å²) in [7, 11) is 0. The Morgan fingerprint density at radius 1 is 1.33 bits per heavy atom. The molecule has 0 saturated carbocycles. The number of hydrogen-bond acceptors (Lipinski definition) is 6. The van der Waals surface area contributed by atoms with Crippen LogP contribution in [0, 0.1) is 6.92 Å². The second-order valence-electron chi connectivity index (χ2n) is 4.65. The minimum Gasteiger partial charge on any atom is -0.462 e. The van der Waals surface area contributed by atoms with Gasteiger partial charge in [0, 0.05) is 11.6 Å². The van der Waals surface area contributed by atoms with E-state index in [9.17, 15) is 4.79 Å². The molecule has 0 aromatic carbocycles. The quantitative estimate of drug-likeness (QED) is 0.768. The van der Waals surface area contributed by atoms with E-state index < -0.39 is 0 Å². The molecule has 0 spiro atoms. The van der Waals surface area contributed by atoms with Crippen LogP contribution in [0.2, 0.25) is 0 Å². The van der Waals surface area contributed by atoms with Crippen molar-refractivity contribution in [2.75, 3.05) is 6.61 Å². The maximum Gasteiger partial charge on any atom is 0.341 e. The van der Waals surface area contributed by atoms with Gasteiger partial charge in [-0.3, -0.25) is 0 Å². The molecule has 0 fully saturated rings. The highest BCUT2D eigenvalue weighted by atomic mass is 32.1. The third-order valence-electron chi connectivity index (χ3n) is 2.91. The lowest BCUT2D eigenvalue weighted by Crippen LogP contribution is -2.12. The van der Waals surface area contributed by atoms with Gasteiger partial charge in [-0.05, 0) is 20.3 Å².